The summed E-state index contributed by atoms with van der Waals surface area (Å²) < 4.78 is 5.13. The van der Waals surface area contributed by atoms with Crippen LogP contribution in [0.4, 0.5) is 0 Å². The van der Waals surface area contributed by atoms with Gasteiger partial charge in [-0.15, -0.1) is 0 Å². The van der Waals surface area contributed by atoms with Crippen molar-refractivity contribution in [3.05, 3.63) is 60.2 Å². The first-order valence-corrected chi connectivity index (χ1v) is 7.05. The number of benzene rings is 2. The second-order valence-corrected chi connectivity index (χ2v) is 5.10. The molecule has 0 aliphatic carbocycles. The number of aliphatic hydroxyl groups excluding tert-OH is 1. The maximum Gasteiger partial charge on any atom is 0.337 e. The molecular weight excluding hydrogens is 294 g/mol. The number of hydrogen-bond acceptors (Lipinski definition) is 4. The second-order valence-electron chi connectivity index (χ2n) is 5.10. The van der Waals surface area contributed by atoms with Crippen molar-refractivity contribution in [2.24, 2.45) is 0 Å². The molecule has 0 bridgehead atoms. The summed E-state index contributed by atoms with van der Waals surface area (Å²) in [4.78, 5) is 15.3. The molecule has 0 saturated heterocycles. The van der Waals surface area contributed by atoms with Crippen molar-refractivity contribution in [2.75, 3.05) is 7.11 Å². The van der Waals surface area contributed by atoms with E-state index in [9.17, 15) is 9.90 Å². The van der Waals surface area contributed by atoms with E-state index in [1.54, 1.807) is 6.07 Å². The molecule has 2 aromatic carbocycles. The molecule has 5 nitrogen and oxygen atoms in total. The van der Waals surface area contributed by atoms with Crippen LogP contribution in [0.1, 0.15) is 11.7 Å². The minimum Gasteiger partial charge on any atom is -0.481 e. The van der Waals surface area contributed by atoms with Gasteiger partial charge in [0.1, 0.15) is 0 Å². The van der Waals surface area contributed by atoms with Gasteiger partial charge in [-0.1, -0.05) is 36.4 Å². The second kappa shape index (κ2) is 6.06. The summed E-state index contributed by atoms with van der Waals surface area (Å²) in [6, 6.07) is 17.1. The fourth-order valence-electron chi connectivity index (χ4n) is 2.47. The highest BCUT2D eigenvalue weighted by atomic mass is 16.5. The van der Waals surface area contributed by atoms with Crippen LogP contribution in [0.25, 0.3) is 22.0 Å². The number of aromatic nitrogens is 1. The van der Waals surface area contributed by atoms with Crippen molar-refractivity contribution in [3.63, 3.8) is 0 Å². The maximum absolute atomic E-state index is 10.9. The molecule has 0 aliphatic rings. The fraction of sp³-hybridized carbons (Fsp3) is 0.111. The molecule has 0 fully saturated rings. The Kier molecular flexibility index (Phi) is 3.95. The average molecular weight is 309 g/mol. The highest BCUT2D eigenvalue weighted by Gasteiger charge is 2.21. The monoisotopic (exact) mass is 309 g/mol. The van der Waals surface area contributed by atoms with Crippen molar-refractivity contribution in [3.8, 4) is 17.1 Å². The minimum absolute atomic E-state index is 0.102. The van der Waals surface area contributed by atoms with Crippen molar-refractivity contribution >= 4 is 16.7 Å². The van der Waals surface area contributed by atoms with E-state index in [0.717, 1.165) is 16.3 Å². The largest absolute Gasteiger partial charge is 0.481 e. The smallest absolute Gasteiger partial charge is 0.337 e. The third-order valence-electron chi connectivity index (χ3n) is 3.66. The van der Waals surface area contributed by atoms with E-state index >= 15 is 0 Å². The predicted molar refractivity (Wildman–Crippen MR) is 86.3 cm³/mol. The summed E-state index contributed by atoms with van der Waals surface area (Å²) in [7, 11) is 1.39. The SMILES string of the molecule is COc1nc(-c2ccc3ccccc3c2)ccc1C(O)C(=O)O. The topological polar surface area (TPSA) is 79.7 Å². The Labute approximate surface area is 132 Å². The Balaban J connectivity index is 2.06. The lowest BCUT2D eigenvalue weighted by molar-refractivity contribution is -0.147. The van der Waals surface area contributed by atoms with Gasteiger partial charge in [0.15, 0.2) is 6.10 Å². The summed E-state index contributed by atoms with van der Waals surface area (Å²) >= 11 is 0. The zero-order chi connectivity index (χ0) is 16.4. The van der Waals surface area contributed by atoms with Crippen LogP contribution in [0.3, 0.4) is 0 Å². The van der Waals surface area contributed by atoms with Crippen molar-refractivity contribution in [1.82, 2.24) is 4.98 Å². The van der Waals surface area contributed by atoms with Gasteiger partial charge in [-0.05, 0) is 29.0 Å². The molecule has 1 aromatic heterocycles. The van der Waals surface area contributed by atoms with Gasteiger partial charge in [-0.3, -0.25) is 0 Å². The van der Waals surface area contributed by atoms with Crippen LogP contribution in [0.5, 0.6) is 5.88 Å². The molecule has 1 unspecified atom stereocenters. The van der Waals surface area contributed by atoms with Gasteiger partial charge in [0.2, 0.25) is 5.88 Å². The molecule has 3 rings (SSSR count). The molecule has 1 heterocycles. The van der Waals surface area contributed by atoms with Crippen molar-refractivity contribution in [2.45, 2.75) is 6.10 Å². The Bertz CT molecular complexity index is 876. The number of pyridine rings is 1. The Morgan fingerprint density at radius 2 is 1.83 bits per heavy atom. The number of ether oxygens (including phenoxy) is 1. The van der Waals surface area contributed by atoms with Gasteiger partial charge in [-0.25, -0.2) is 9.78 Å². The molecule has 0 amide bonds. The van der Waals surface area contributed by atoms with E-state index < -0.39 is 12.1 Å². The number of carboxylic acid groups (broad SMARTS) is 1. The quantitative estimate of drug-likeness (QED) is 0.774. The Morgan fingerprint density at radius 3 is 2.52 bits per heavy atom. The minimum atomic E-state index is -1.66. The summed E-state index contributed by atoms with van der Waals surface area (Å²) in [5, 5.41) is 20.8. The van der Waals surface area contributed by atoms with E-state index in [1.807, 2.05) is 42.5 Å². The lowest BCUT2D eigenvalue weighted by Crippen LogP contribution is -2.12. The first kappa shape index (κ1) is 15.0. The molecule has 0 spiro atoms. The average Bonchev–Trinajstić information content (AvgIpc) is 2.60. The molecule has 0 saturated carbocycles. The summed E-state index contributed by atoms with van der Waals surface area (Å²) in [6.07, 6.45) is -1.66. The summed E-state index contributed by atoms with van der Waals surface area (Å²) in [6.45, 7) is 0. The number of methoxy groups -OCH3 is 1. The molecule has 1 atom stereocenters. The van der Waals surface area contributed by atoms with Crippen LogP contribution in [-0.4, -0.2) is 28.3 Å². The van der Waals surface area contributed by atoms with Crippen LogP contribution in [0.15, 0.2) is 54.6 Å². The van der Waals surface area contributed by atoms with Crippen LogP contribution < -0.4 is 4.74 Å². The Morgan fingerprint density at radius 1 is 1.09 bits per heavy atom. The van der Waals surface area contributed by atoms with E-state index in [2.05, 4.69) is 4.98 Å². The normalized spacial score (nSPS) is 12.1. The third-order valence-corrected chi connectivity index (χ3v) is 3.66. The standard InChI is InChI=1S/C18H15NO4/c1-23-17-14(16(20)18(21)22)8-9-15(19-17)13-7-6-11-4-2-3-5-12(11)10-13/h2-10,16,20H,1H3,(H,21,22). The Hall–Kier alpha value is -2.92. The molecule has 116 valence electrons. The summed E-state index contributed by atoms with van der Waals surface area (Å²) in [5.41, 5.74) is 1.66. The van der Waals surface area contributed by atoms with E-state index in [0.29, 0.717) is 5.69 Å². The zero-order valence-corrected chi connectivity index (χ0v) is 12.4. The van der Waals surface area contributed by atoms with E-state index in [-0.39, 0.29) is 11.4 Å². The number of fused-ring (bicyclic) bond motifs is 1. The number of nitrogens with zero attached hydrogens (tertiary/aromatic N) is 1. The molecule has 5 heteroatoms. The number of aliphatic hydroxyl groups is 1. The zero-order valence-electron chi connectivity index (χ0n) is 12.4. The third kappa shape index (κ3) is 2.86. The van der Waals surface area contributed by atoms with Crippen molar-refractivity contribution < 1.29 is 19.7 Å². The van der Waals surface area contributed by atoms with Gasteiger partial charge < -0.3 is 14.9 Å². The van der Waals surface area contributed by atoms with Crippen LogP contribution in [0, 0.1) is 0 Å². The lowest BCUT2D eigenvalue weighted by Gasteiger charge is -2.12. The molecular formula is C18H15NO4. The van der Waals surface area contributed by atoms with Gasteiger partial charge in [-0.2, -0.15) is 0 Å². The predicted octanol–water partition coefficient (Wildman–Crippen LogP) is 3.03. The highest BCUT2D eigenvalue weighted by molar-refractivity contribution is 5.86. The maximum atomic E-state index is 10.9. The number of aliphatic carboxylic acids is 1. The first-order valence-electron chi connectivity index (χ1n) is 7.05. The van der Waals surface area contributed by atoms with Crippen LogP contribution in [0.2, 0.25) is 0 Å². The highest BCUT2D eigenvalue weighted by Crippen LogP contribution is 2.29. The molecule has 0 radical (unpaired) electrons. The molecule has 23 heavy (non-hydrogen) atoms. The number of carboxylic acids is 1. The number of carbonyl (C=O) groups is 1. The molecule has 2 N–H and O–H groups in total. The van der Waals surface area contributed by atoms with Gasteiger partial charge in [0.05, 0.1) is 18.4 Å². The molecule has 3 aromatic rings. The van der Waals surface area contributed by atoms with E-state index in [4.69, 9.17) is 9.84 Å². The van der Waals surface area contributed by atoms with Gasteiger partial charge in [0, 0.05) is 5.56 Å². The molecule has 0 aliphatic heterocycles. The van der Waals surface area contributed by atoms with Crippen molar-refractivity contribution in [1.29, 1.82) is 0 Å². The fourth-order valence-corrected chi connectivity index (χ4v) is 2.47. The van der Waals surface area contributed by atoms with E-state index in [1.165, 1.54) is 13.2 Å². The van der Waals surface area contributed by atoms with Gasteiger partial charge >= 0.3 is 5.97 Å². The lowest BCUT2D eigenvalue weighted by atomic mass is 10.0. The first-order chi connectivity index (χ1) is 11.1. The van der Waals surface area contributed by atoms with Crippen LogP contribution >= 0.6 is 0 Å². The van der Waals surface area contributed by atoms with Gasteiger partial charge in [0.25, 0.3) is 0 Å². The number of hydrogen-bond donors (Lipinski definition) is 2. The van der Waals surface area contributed by atoms with Crippen LogP contribution in [-0.2, 0) is 4.79 Å². The number of rotatable bonds is 4. The summed E-state index contributed by atoms with van der Waals surface area (Å²) in [5.74, 6) is -1.24.